The second-order valence-electron chi connectivity index (χ2n) is 5.59. The number of pyridine rings is 1. The zero-order valence-corrected chi connectivity index (χ0v) is 11.5. The van der Waals surface area contributed by atoms with Crippen LogP contribution < -0.4 is 10.2 Å². The van der Waals surface area contributed by atoms with E-state index in [1.807, 2.05) is 6.07 Å². The molecule has 1 N–H and O–H groups in total. The van der Waals surface area contributed by atoms with Crippen molar-refractivity contribution in [1.29, 1.82) is 0 Å². The number of hydrogen-bond acceptors (Lipinski definition) is 5. The van der Waals surface area contributed by atoms with Gasteiger partial charge in [-0.25, -0.2) is 0 Å². The van der Waals surface area contributed by atoms with Gasteiger partial charge in [-0.05, 0) is 54.6 Å². The molecule has 2 unspecified atom stereocenters. The van der Waals surface area contributed by atoms with Gasteiger partial charge in [-0.2, -0.15) is 0 Å². The first-order valence-corrected chi connectivity index (χ1v) is 7.36. The molecular weight excluding hydrogens is 256 g/mol. The van der Waals surface area contributed by atoms with Crippen LogP contribution in [0.25, 0.3) is 0 Å². The number of piperidine rings is 1. The van der Waals surface area contributed by atoms with Crippen LogP contribution in [0.1, 0.15) is 32.1 Å². The first kappa shape index (κ1) is 13.3. The Bertz CT molecular complexity index is 471. The van der Waals surface area contributed by atoms with Crippen molar-refractivity contribution in [1.82, 2.24) is 10.3 Å². The molecule has 0 amide bonds. The highest BCUT2D eigenvalue weighted by atomic mass is 16.6. The summed E-state index contributed by atoms with van der Waals surface area (Å²) in [6.07, 6.45) is 7.75. The smallest absolute Gasteiger partial charge is 0.363 e. The molecular formula is C14H20N4O2. The van der Waals surface area contributed by atoms with Crippen molar-refractivity contribution in [2.24, 2.45) is 0 Å². The van der Waals surface area contributed by atoms with Crippen LogP contribution in [0.5, 0.6) is 0 Å². The van der Waals surface area contributed by atoms with Crippen molar-refractivity contribution in [3.63, 3.8) is 0 Å². The Kier molecular flexibility index (Phi) is 3.82. The number of hydrogen-bond donors (Lipinski definition) is 1. The molecule has 0 aromatic carbocycles. The summed E-state index contributed by atoms with van der Waals surface area (Å²) < 4.78 is 0. The zero-order chi connectivity index (χ0) is 13.9. The van der Waals surface area contributed by atoms with Crippen molar-refractivity contribution in [3.8, 4) is 0 Å². The molecule has 0 radical (unpaired) electrons. The van der Waals surface area contributed by atoms with Crippen LogP contribution in [0.4, 0.5) is 11.5 Å². The van der Waals surface area contributed by atoms with E-state index in [1.165, 1.54) is 38.2 Å². The van der Waals surface area contributed by atoms with Crippen LogP contribution in [0.15, 0.2) is 18.3 Å². The average molecular weight is 276 g/mol. The number of nitrogens with zero attached hydrogens (tertiary/aromatic N) is 3. The summed E-state index contributed by atoms with van der Waals surface area (Å²) in [5.41, 5.74) is 1.01. The molecule has 2 aliphatic rings. The molecule has 0 bridgehead atoms. The molecule has 2 aliphatic heterocycles. The van der Waals surface area contributed by atoms with Crippen molar-refractivity contribution in [3.05, 3.63) is 28.4 Å². The lowest BCUT2D eigenvalue weighted by molar-refractivity contribution is -0.389. The molecule has 1 aromatic rings. The van der Waals surface area contributed by atoms with Gasteiger partial charge in [0.05, 0.1) is 5.69 Å². The topological polar surface area (TPSA) is 71.3 Å². The van der Waals surface area contributed by atoms with Crippen molar-refractivity contribution in [2.45, 2.75) is 44.2 Å². The number of nitrogens with one attached hydrogen (secondary N) is 1. The zero-order valence-electron chi connectivity index (χ0n) is 11.5. The molecule has 6 heteroatoms. The lowest BCUT2D eigenvalue weighted by Gasteiger charge is -2.40. The van der Waals surface area contributed by atoms with Crippen LogP contribution >= 0.6 is 0 Å². The Balaban J connectivity index is 1.79. The van der Waals surface area contributed by atoms with Crippen LogP contribution in [0, 0.1) is 10.1 Å². The fraction of sp³-hybridized carbons (Fsp3) is 0.643. The largest absolute Gasteiger partial charge is 0.364 e. The summed E-state index contributed by atoms with van der Waals surface area (Å²) >= 11 is 0. The average Bonchev–Trinajstić information content (AvgIpc) is 3.01. The SMILES string of the molecule is O=[N+]([O-])c1ccc(N2CCCCC2C2CCCN2)cn1. The molecule has 6 nitrogen and oxygen atoms in total. The summed E-state index contributed by atoms with van der Waals surface area (Å²) in [6.45, 7) is 2.12. The summed E-state index contributed by atoms with van der Waals surface area (Å²) in [4.78, 5) is 16.6. The van der Waals surface area contributed by atoms with E-state index in [2.05, 4.69) is 15.2 Å². The maximum atomic E-state index is 10.7. The molecule has 3 rings (SSSR count). The van der Waals surface area contributed by atoms with Gasteiger partial charge in [0.1, 0.15) is 0 Å². The van der Waals surface area contributed by atoms with Crippen LogP contribution in [-0.4, -0.2) is 35.1 Å². The summed E-state index contributed by atoms with van der Waals surface area (Å²) in [5.74, 6) is -0.0821. The number of rotatable bonds is 3. The highest BCUT2D eigenvalue weighted by Crippen LogP contribution is 2.29. The van der Waals surface area contributed by atoms with E-state index in [0.717, 1.165) is 18.8 Å². The molecule has 2 fully saturated rings. The Morgan fingerprint density at radius 2 is 2.20 bits per heavy atom. The van der Waals surface area contributed by atoms with Crippen LogP contribution in [0.2, 0.25) is 0 Å². The van der Waals surface area contributed by atoms with E-state index in [9.17, 15) is 10.1 Å². The summed E-state index contributed by atoms with van der Waals surface area (Å²) in [5, 5.41) is 14.3. The van der Waals surface area contributed by atoms with Gasteiger partial charge in [-0.3, -0.25) is 0 Å². The van der Waals surface area contributed by atoms with Crippen molar-refractivity contribution >= 4 is 11.5 Å². The minimum absolute atomic E-state index is 0.0821. The summed E-state index contributed by atoms with van der Waals surface area (Å²) in [7, 11) is 0. The van der Waals surface area contributed by atoms with E-state index in [0.29, 0.717) is 12.1 Å². The van der Waals surface area contributed by atoms with E-state index < -0.39 is 4.92 Å². The molecule has 2 saturated heterocycles. The monoisotopic (exact) mass is 276 g/mol. The number of anilines is 1. The number of nitro groups is 1. The lowest BCUT2D eigenvalue weighted by Crippen LogP contribution is -2.50. The van der Waals surface area contributed by atoms with Gasteiger partial charge in [0, 0.05) is 24.7 Å². The molecule has 0 aliphatic carbocycles. The van der Waals surface area contributed by atoms with E-state index in [1.54, 1.807) is 6.20 Å². The molecule has 3 heterocycles. The van der Waals surface area contributed by atoms with Crippen molar-refractivity contribution < 1.29 is 4.92 Å². The lowest BCUT2D eigenvalue weighted by atomic mass is 9.94. The first-order chi connectivity index (χ1) is 9.75. The highest BCUT2D eigenvalue weighted by molar-refractivity contribution is 5.48. The predicted molar refractivity (Wildman–Crippen MR) is 76.9 cm³/mol. The van der Waals surface area contributed by atoms with Gasteiger partial charge in [0.2, 0.25) is 0 Å². The van der Waals surface area contributed by atoms with E-state index in [-0.39, 0.29) is 5.82 Å². The minimum atomic E-state index is -0.448. The molecule has 1 aromatic heterocycles. The van der Waals surface area contributed by atoms with Gasteiger partial charge in [-0.1, -0.05) is 0 Å². The maximum absolute atomic E-state index is 10.7. The molecule has 0 saturated carbocycles. The van der Waals surface area contributed by atoms with Crippen LogP contribution in [0.3, 0.4) is 0 Å². The van der Waals surface area contributed by atoms with Gasteiger partial charge >= 0.3 is 5.82 Å². The molecule has 20 heavy (non-hydrogen) atoms. The Hall–Kier alpha value is -1.69. The fourth-order valence-electron chi connectivity index (χ4n) is 3.39. The molecule has 0 spiro atoms. The van der Waals surface area contributed by atoms with Crippen LogP contribution in [-0.2, 0) is 0 Å². The first-order valence-electron chi connectivity index (χ1n) is 7.36. The van der Waals surface area contributed by atoms with E-state index >= 15 is 0 Å². The second kappa shape index (κ2) is 5.75. The summed E-state index contributed by atoms with van der Waals surface area (Å²) in [6, 6.07) is 4.38. The molecule has 2 atom stereocenters. The quantitative estimate of drug-likeness (QED) is 0.676. The normalized spacial score (nSPS) is 26.7. The van der Waals surface area contributed by atoms with Gasteiger partial charge in [-0.15, -0.1) is 0 Å². The minimum Gasteiger partial charge on any atom is -0.364 e. The highest BCUT2D eigenvalue weighted by Gasteiger charge is 2.32. The standard InChI is InChI=1S/C14H20N4O2/c19-18(20)14-7-6-11(10-16-14)17-9-2-1-5-13(17)12-4-3-8-15-12/h6-7,10,12-13,15H,1-5,8-9H2. The second-order valence-corrected chi connectivity index (χ2v) is 5.59. The third kappa shape index (κ3) is 2.60. The third-order valence-corrected chi connectivity index (χ3v) is 4.36. The fourth-order valence-corrected chi connectivity index (χ4v) is 3.39. The van der Waals surface area contributed by atoms with E-state index in [4.69, 9.17) is 0 Å². The molecule has 108 valence electrons. The predicted octanol–water partition coefficient (Wildman–Crippen LogP) is 2.10. The third-order valence-electron chi connectivity index (χ3n) is 4.36. The van der Waals surface area contributed by atoms with Gasteiger partial charge in [0.25, 0.3) is 0 Å². The van der Waals surface area contributed by atoms with Gasteiger partial charge in [0.15, 0.2) is 6.20 Å². The van der Waals surface area contributed by atoms with Crippen molar-refractivity contribution in [2.75, 3.05) is 18.0 Å². The Morgan fingerprint density at radius 1 is 1.30 bits per heavy atom. The maximum Gasteiger partial charge on any atom is 0.363 e. The Labute approximate surface area is 118 Å². The number of aromatic nitrogens is 1. The Morgan fingerprint density at radius 3 is 2.85 bits per heavy atom. The van der Waals surface area contributed by atoms with Gasteiger partial charge < -0.3 is 20.3 Å².